The topological polar surface area (TPSA) is 63.9 Å². The van der Waals surface area contributed by atoms with E-state index in [2.05, 4.69) is 72.7 Å². The molecule has 2 N–H and O–H groups in total. The van der Waals surface area contributed by atoms with Crippen LogP contribution in [0.4, 0.5) is 0 Å². The lowest BCUT2D eigenvalue weighted by Crippen LogP contribution is -2.10. The second-order valence-electron chi connectivity index (χ2n) is 11.3. The number of nitrogens with two attached hydrogens (primary N) is 1. The number of aliphatic imine (C=N–C) groups is 1. The molecule has 4 nitrogen and oxygen atoms in total. The van der Waals surface area contributed by atoms with Crippen molar-refractivity contribution in [2.45, 2.75) is 6.92 Å². The molecule has 6 aromatic carbocycles. The van der Waals surface area contributed by atoms with Gasteiger partial charge in [0.25, 0.3) is 0 Å². The highest BCUT2D eigenvalue weighted by atomic mass is 16.3. The first kappa shape index (κ1) is 29.5. The quantitative estimate of drug-likeness (QED) is 0.0644. The number of amidine groups is 1. The van der Waals surface area contributed by atoms with E-state index in [4.69, 9.17) is 15.3 Å². The summed E-state index contributed by atoms with van der Waals surface area (Å²) in [7, 11) is 0. The lowest BCUT2D eigenvalue weighted by atomic mass is 9.95. The molecular weight excluding hydrogens is 574 g/mol. The SMILES string of the molecule is C/C(=C\C=C/c1ccccc1)c1ccc(-c2cccc3oc4cccc(/C(N=C(c5ccccc5)c5ccccc5)=N/N)c4c23)cc1. The molecule has 7 aromatic rings. The molecule has 1 aromatic heterocycles. The summed E-state index contributed by atoms with van der Waals surface area (Å²) in [6.07, 6.45) is 6.36. The van der Waals surface area contributed by atoms with Gasteiger partial charge in [-0.15, -0.1) is 0 Å². The standard InChI is InChI=1S/C43H33N3O/c1-30(14-11-17-31-15-5-2-6-16-31)32-26-28-33(29-27-32)36-22-12-24-38-40(36)41-37(23-13-25-39(41)47-38)43(46-44)45-42(34-18-7-3-8-19-34)35-20-9-4-10-21-35/h2-29H,44H2,1H3/b17-11-,30-14+,46-43-. The van der Waals surface area contributed by atoms with Gasteiger partial charge in [0, 0.05) is 27.5 Å². The van der Waals surface area contributed by atoms with Crippen molar-refractivity contribution in [3.8, 4) is 11.1 Å². The number of furan rings is 1. The van der Waals surface area contributed by atoms with Gasteiger partial charge in [-0.2, -0.15) is 5.10 Å². The Kier molecular flexibility index (Phi) is 8.39. The van der Waals surface area contributed by atoms with Crippen LogP contribution in [0.2, 0.25) is 0 Å². The van der Waals surface area contributed by atoms with Gasteiger partial charge in [0.2, 0.25) is 0 Å². The van der Waals surface area contributed by atoms with Crippen LogP contribution in [0.1, 0.15) is 34.7 Å². The number of rotatable bonds is 7. The van der Waals surface area contributed by atoms with Crippen LogP contribution in [0, 0.1) is 0 Å². The molecule has 0 aliphatic heterocycles. The van der Waals surface area contributed by atoms with Crippen LogP contribution < -0.4 is 5.84 Å². The summed E-state index contributed by atoms with van der Waals surface area (Å²) in [5.74, 6) is 6.54. The predicted octanol–water partition coefficient (Wildman–Crippen LogP) is 10.5. The molecule has 4 heteroatoms. The number of benzene rings is 6. The van der Waals surface area contributed by atoms with E-state index in [0.717, 1.165) is 61.0 Å². The fourth-order valence-electron chi connectivity index (χ4n) is 5.92. The highest BCUT2D eigenvalue weighted by molar-refractivity contribution is 6.25. The Morgan fingerprint density at radius 3 is 1.83 bits per heavy atom. The Labute approximate surface area is 274 Å². The minimum absolute atomic E-state index is 0.426. The third kappa shape index (κ3) is 6.18. The average Bonchev–Trinajstić information content (AvgIpc) is 3.53. The van der Waals surface area contributed by atoms with Gasteiger partial charge in [-0.25, -0.2) is 4.99 Å². The molecule has 1 heterocycles. The van der Waals surface area contributed by atoms with Crippen LogP contribution in [-0.2, 0) is 0 Å². The number of allylic oxidation sites excluding steroid dienone is 3. The summed E-state index contributed by atoms with van der Waals surface area (Å²) < 4.78 is 6.41. The van der Waals surface area contributed by atoms with E-state index in [9.17, 15) is 0 Å². The maximum Gasteiger partial charge on any atom is 0.180 e. The van der Waals surface area contributed by atoms with E-state index in [1.807, 2.05) is 109 Å². The summed E-state index contributed by atoms with van der Waals surface area (Å²) >= 11 is 0. The minimum Gasteiger partial charge on any atom is -0.456 e. The number of fused-ring (bicyclic) bond motifs is 3. The molecule has 0 amide bonds. The normalized spacial score (nSPS) is 12.2. The molecule has 0 radical (unpaired) electrons. The Balaban J connectivity index is 1.31. The molecule has 0 unspecified atom stereocenters. The third-order valence-corrected chi connectivity index (χ3v) is 8.28. The summed E-state index contributed by atoms with van der Waals surface area (Å²) in [4.78, 5) is 5.11. The van der Waals surface area contributed by atoms with Gasteiger partial charge in [0.05, 0.1) is 5.71 Å². The molecule has 7 rings (SSSR count). The van der Waals surface area contributed by atoms with Gasteiger partial charge in [-0.3, -0.25) is 0 Å². The van der Waals surface area contributed by atoms with Crippen LogP contribution in [0.25, 0.3) is 44.7 Å². The first-order valence-corrected chi connectivity index (χ1v) is 15.6. The zero-order valence-corrected chi connectivity index (χ0v) is 26.0. The van der Waals surface area contributed by atoms with Gasteiger partial charge in [-0.05, 0) is 46.9 Å². The van der Waals surface area contributed by atoms with Crippen molar-refractivity contribution in [1.29, 1.82) is 0 Å². The monoisotopic (exact) mass is 607 g/mol. The Morgan fingerprint density at radius 1 is 0.596 bits per heavy atom. The molecule has 226 valence electrons. The van der Waals surface area contributed by atoms with E-state index in [-0.39, 0.29) is 0 Å². The maximum atomic E-state index is 6.41. The van der Waals surface area contributed by atoms with Crippen LogP contribution in [0.5, 0.6) is 0 Å². The molecular formula is C43H33N3O. The van der Waals surface area contributed by atoms with Gasteiger partial charge < -0.3 is 10.3 Å². The van der Waals surface area contributed by atoms with Crippen LogP contribution in [-0.4, -0.2) is 11.5 Å². The Bertz CT molecular complexity index is 2240. The van der Waals surface area contributed by atoms with Crippen molar-refractivity contribution in [3.63, 3.8) is 0 Å². The molecule has 0 aliphatic carbocycles. The summed E-state index contributed by atoms with van der Waals surface area (Å²) in [6.45, 7) is 2.13. The highest BCUT2D eigenvalue weighted by Gasteiger charge is 2.19. The molecule has 0 fully saturated rings. The molecule has 0 saturated heterocycles. The van der Waals surface area contributed by atoms with E-state index in [1.54, 1.807) is 0 Å². The van der Waals surface area contributed by atoms with Crippen molar-refractivity contribution in [1.82, 2.24) is 0 Å². The number of hydrogen-bond donors (Lipinski definition) is 1. The van der Waals surface area contributed by atoms with E-state index >= 15 is 0 Å². The molecule has 0 aliphatic rings. The first-order chi connectivity index (χ1) is 23.2. The molecule has 0 saturated carbocycles. The lowest BCUT2D eigenvalue weighted by molar-refractivity contribution is 0.669. The van der Waals surface area contributed by atoms with Gasteiger partial charge in [0.1, 0.15) is 11.2 Å². The summed E-state index contributed by atoms with van der Waals surface area (Å²) in [6, 6.07) is 51.3. The van der Waals surface area contributed by atoms with Crippen LogP contribution >= 0.6 is 0 Å². The number of nitrogens with zero attached hydrogens (tertiary/aromatic N) is 2. The maximum absolute atomic E-state index is 6.41. The summed E-state index contributed by atoms with van der Waals surface area (Å²) in [5.41, 5.74) is 10.8. The molecule has 47 heavy (non-hydrogen) atoms. The fourth-order valence-corrected chi connectivity index (χ4v) is 5.92. The van der Waals surface area contributed by atoms with Gasteiger partial charge >= 0.3 is 0 Å². The lowest BCUT2D eigenvalue weighted by Gasteiger charge is -2.10. The Morgan fingerprint density at radius 2 is 1.19 bits per heavy atom. The van der Waals surface area contributed by atoms with E-state index in [0.29, 0.717) is 5.84 Å². The predicted molar refractivity (Wildman–Crippen MR) is 198 cm³/mol. The Hall–Kier alpha value is -6.26. The van der Waals surface area contributed by atoms with Crippen molar-refractivity contribution in [3.05, 3.63) is 192 Å². The van der Waals surface area contributed by atoms with Crippen molar-refractivity contribution in [2.24, 2.45) is 15.9 Å². The molecule has 0 spiro atoms. The number of hydrazone groups is 1. The van der Waals surface area contributed by atoms with Crippen molar-refractivity contribution >= 4 is 45.1 Å². The van der Waals surface area contributed by atoms with Gasteiger partial charge in [-0.1, -0.05) is 158 Å². The second kappa shape index (κ2) is 13.4. The van der Waals surface area contributed by atoms with Crippen LogP contribution in [0.15, 0.2) is 178 Å². The highest BCUT2D eigenvalue weighted by Crippen LogP contribution is 2.39. The molecule has 0 atom stereocenters. The fraction of sp³-hybridized carbons (Fsp3) is 0.0233. The van der Waals surface area contributed by atoms with Crippen LogP contribution in [0.3, 0.4) is 0 Å². The zero-order chi connectivity index (χ0) is 32.0. The second-order valence-corrected chi connectivity index (χ2v) is 11.3. The summed E-state index contributed by atoms with van der Waals surface area (Å²) in [5, 5.41) is 6.17. The van der Waals surface area contributed by atoms with E-state index in [1.165, 1.54) is 11.1 Å². The number of hydrogen-bond acceptors (Lipinski definition) is 3. The van der Waals surface area contributed by atoms with Crippen molar-refractivity contribution < 1.29 is 4.42 Å². The van der Waals surface area contributed by atoms with Crippen molar-refractivity contribution in [2.75, 3.05) is 0 Å². The third-order valence-electron chi connectivity index (χ3n) is 8.28. The van der Waals surface area contributed by atoms with Gasteiger partial charge in [0.15, 0.2) is 5.84 Å². The minimum atomic E-state index is 0.426. The molecule has 0 bridgehead atoms. The largest absolute Gasteiger partial charge is 0.456 e. The average molecular weight is 608 g/mol. The smallest absolute Gasteiger partial charge is 0.180 e. The zero-order valence-electron chi connectivity index (χ0n) is 26.0. The first-order valence-electron chi connectivity index (χ1n) is 15.6. The van der Waals surface area contributed by atoms with E-state index < -0.39 is 0 Å².